The van der Waals surface area contributed by atoms with E-state index in [1.807, 2.05) is 37.3 Å². The molecule has 0 radical (unpaired) electrons. The van der Waals surface area contributed by atoms with Gasteiger partial charge in [-0.05, 0) is 60.7 Å². The zero-order chi connectivity index (χ0) is 24.0. The highest BCUT2D eigenvalue weighted by atomic mass is 16.5. The Morgan fingerprint density at radius 1 is 1.18 bits per heavy atom. The van der Waals surface area contributed by atoms with Crippen LogP contribution >= 0.6 is 0 Å². The monoisotopic (exact) mass is 460 g/mol. The van der Waals surface area contributed by atoms with Gasteiger partial charge in [0, 0.05) is 23.3 Å². The number of hydrogen-bond acceptors (Lipinski definition) is 7. The number of methoxy groups -OCH3 is 1. The van der Waals surface area contributed by atoms with Crippen LogP contribution in [-0.4, -0.2) is 39.4 Å². The number of hydrogen-bond donors (Lipinski definition) is 2. The number of ketones is 1. The van der Waals surface area contributed by atoms with Crippen LogP contribution in [0.25, 0.3) is 11.4 Å². The van der Waals surface area contributed by atoms with Crippen molar-refractivity contribution >= 4 is 11.7 Å². The van der Waals surface area contributed by atoms with Crippen molar-refractivity contribution in [3.8, 4) is 28.6 Å². The molecular weight excluding hydrogens is 432 g/mol. The molecule has 3 aromatic rings. The highest BCUT2D eigenvalue weighted by molar-refractivity contribution is 6.00. The van der Waals surface area contributed by atoms with E-state index in [4.69, 9.17) is 19.6 Å². The molecule has 0 bridgehead atoms. The molecule has 2 N–H and O–H groups in total. The Balaban J connectivity index is 1.66. The van der Waals surface area contributed by atoms with E-state index in [0.29, 0.717) is 36.1 Å². The summed E-state index contributed by atoms with van der Waals surface area (Å²) in [5.74, 6) is 2.39. The van der Waals surface area contributed by atoms with Crippen LogP contribution in [0.4, 0.5) is 5.95 Å². The summed E-state index contributed by atoms with van der Waals surface area (Å²) in [6, 6.07) is 12.3. The number of nitrogens with one attached hydrogen (secondary N) is 1. The van der Waals surface area contributed by atoms with Gasteiger partial charge in [0.15, 0.2) is 23.1 Å². The first kappa shape index (κ1) is 22.0. The van der Waals surface area contributed by atoms with Crippen molar-refractivity contribution < 1.29 is 19.4 Å². The van der Waals surface area contributed by atoms with E-state index in [9.17, 15) is 9.90 Å². The molecule has 1 aromatic heterocycles. The van der Waals surface area contributed by atoms with Crippen molar-refractivity contribution in [1.29, 1.82) is 0 Å². The SMILES string of the molecule is CCOc1cc(C2C3=C(CC(C)(C)CC3=O)Nc3nc(-c4ccc(OC)cc4)nn32)ccc1O. The maximum Gasteiger partial charge on any atom is 0.226 e. The molecule has 0 fully saturated rings. The number of rotatable bonds is 5. The van der Waals surface area contributed by atoms with E-state index in [-0.39, 0.29) is 16.9 Å². The maximum absolute atomic E-state index is 13.4. The third-order valence-corrected chi connectivity index (χ3v) is 6.28. The first-order valence-electron chi connectivity index (χ1n) is 11.4. The molecule has 1 aliphatic carbocycles. The van der Waals surface area contributed by atoms with Crippen molar-refractivity contribution in [3.05, 3.63) is 59.3 Å². The van der Waals surface area contributed by atoms with Crippen molar-refractivity contribution in [2.45, 2.75) is 39.7 Å². The Kier molecular flexibility index (Phi) is 5.31. The zero-order valence-electron chi connectivity index (χ0n) is 19.8. The van der Waals surface area contributed by atoms with Gasteiger partial charge in [0.05, 0.1) is 13.7 Å². The third kappa shape index (κ3) is 3.79. The molecule has 0 saturated carbocycles. The highest BCUT2D eigenvalue weighted by Crippen LogP contribution is 2.46. The Bertz CT molecular complexity index is 1290. The molecule has 34 heavy (non-hydrogen) atoms. The van der Waals surface area contributed by atoms with Crippen molar-refractivity contribution in [2.24, 2.45) is 5.41 Å². The fourth-order valence-electron chi connectivity index (χ4n) is 4.75. The number of fused-ring (bicyclic) bond motifs is 1. The second-order valence-electron chi connectivity index (χ2n) is 9.45. The average Bonchev–Trinajstić information content (AvgIpc) is 3.22. The average molecular weight is 461 g/mol. The minimum Gasteiger partial charge on any atom is -0.504 e. The van der Waals surface area contributed by atoms with Crippen LogP contribution < -0.4 is 14.8 Å². The van der Waals surface area contributed by atoms with Gasteiger partial charge in [0.2, 0.25) is 5.95 Å². The van der Waals surface area contributed by atoms with Crippen molar-refractivity contribution in [1.82, 2.24) is 14.8 Å². The first-order chi connectivity index (χ1) is 16.3. The molecule has 176 valence electrons. The molecule has 1 atom stereocenters. The number of aromatic nitrogens is 3. The van der Waals surface area contributed by atoms with Crippen LogP contribution in [-0.2, 0) is 4.79 Å². The van der Waals surface area contributed by atoms with Crippen LogP contribution in [0.15, 0.2) is 53.7 Å². The van der Waals surface area contributed by atoms with Crippen LogP contribution in [0, 0.1) is 5.41 Å². The van der Waals surface area contributed by atoms with E-state index in [1.54, 1.807) is 23.9 Å². The van der Waals surface area contributed by atoms with E-state index >= 15 is 0 Å². The summed E-state index contributed by atoms with van der Waals surface area (Å²) in [6.45, 7) is 6.48. The summed E-state index contributed by atoms with van der Waals surface area (Å²) in [5.41, 5.74) is 3.05. The number of Topliss-reactive ketones (excluding diaryl/α,β-unsaturated/α-hetero) is 1. The summed E-state index contributed by atoms with van der Waals surface area (Å²) in [6.07, 6.45) is 1.18. The number of allylic oxidation sites excluding steroid dienone is 2. The second kappa shape index (κ2) is 8.20. The van der Waals surface area contributed by atoms with Crippen LogP contribution in [0.1, 0.15) is 45.2 Å². The van der Waals surface area contributed by atoms with Crippen LogP contribution in [0.3, 0.4) is 0 Å². The number of phenolic OH excluding ortho intramolecular Hbond substituents is 1. The Morgan fingerprint density at radius 3 is 2.65 bits per heavy atom. The molecule has 2 aliphatic rings. The molecule has 1 aliphatic heterocycles. The predicted octanol–water partition coefficient (Wildman–Crippen LogP) is 4.72. The maximum atomic E-state index is 13.4. The fourth-order valence-corrected chi connectivity index (χ4v) is 4.75. The standard InChI is InChI=1S/C26H28N4O4/c1-5-34-21-12-16(8-11-19(21)31)23-22-18(13-26(2,3)14-20(22)32)27-25-28-24(29-30(23)25)15-6-9-17(33-4)10-7-15/h6-12,23,31H,5,13-14H2,1-4H3,(H,27,28,29). The third-order valence-electron chi connectivity index (χ3n) is 6.28. The van der Waals surface area contributed by atoms with Gasteiger partial charge in [-0.2, -0.15) is 4.98 Å². The Labute approximate surface area is 198 Å². The van der Waals surface area contributed by atoms with E-state index in [2.05, 4.69) is 19.2 Å². The van der Waals surface area contributed by atoms with Crippen LogP contribution in [0.2, 0.25) is 0 Å². The minimum atomic E-state index is -0.478. The smallest absolute Gasteiger partial charge is 0.226 e. The lowest BCUT2D eigenvalue weighted by molar-refractivity contribution is -0.118. The van der Waals surface area contributed by atoms with Gasteiger partial charge in [-0.15, -0.1) is 5.10 Å². The van der Waals surface area contributed by atoms with Gasteiger partial charge in [-0.25, -0.2) is 4.68 Å². The molecule has 5 rings (SSSR count). The Hall–Kier alpha value is -3.81. The van der Waals surface area contributed by atoms with Crippen molar-refractivity contribution in [2.75, 3.05) is 19.0 Å². The predicted molar refractivity (Wildman–Crippen MR) is 128 cm³/mol. The number of nitrogens with zero attached hydrogens (tertiary/aromatic N) is 3. The summed E-state index contributed by atoms with van der Waals surface area (Å²) in [7, 11) is 1.62. The van der Waals surface area contributed by atoms with Crippen LogP contribution in [0.5, 0.6) is 17.2 Å². The summed E-state index contributed by atoms with van der Waals surface area (Å²) < 4.78 is 12.6. The fraction of sp³-hybridized carbons (Fsp3) is 0.346. The molecular formula is C26H28N4O4. The lowest BCUT2D eigenvalue weighted by Gasteiger charge is -2.38. The molecule has 0 saturated heterocycles. The van der Waals surface area contributed by atoms with E-state index in [1.165, 1.54) is 0 Å². The number of carbonyl (C=O) groups excluding carboxylic acids is 1. The molecule has 8 nitrogen and oxygen atoms in total. The van der Waals surface area contributed by atoms with E-state index in [0.717, 1.165) is 29.0 Å². The number of anilines is 1. The lowest BCUT2D eigenvalue weighted by atomic mass is 9.73. The molecule has 0 spiro atoms. The topological polar surface area (TPSA) is 98.5 Å². The molecule has 0 amide bonds. The normalized spacial score (nSPS) is 18.7. The first-order valence-corrected chi connectivity index (χ1v) is 11.4. The molecule has 2 aromatic carbocycles. The number of carbonyl (C=O) groups is 1. The molecule has 2 heterocycles. The quantitative estimate of drug-likeness (QED) is 0.569. The summed E-state index contributed by atoms with van der Waals surface area (Å²) in [5, 5.41) is 18.4. The van der Waals surface area contributed by atoms with Gasteiger partial charge in [-0.1, -0.05) is 19.9 Å². The number of benzene rings is 2. The molecule has 1 unspecified atom stereocenters. The van der Waals surface area contributed by atoms with Gasteiger partial charge in [-0.3, -0.25) is 4.79 Å². The number of ether oxygens (including phenoxy) is 2. The number of aromatic hydroxyl groups is 1. The van der Waals surface area contributed by atoms with Crippen molar-refractivity contribution in [3.63, 3.8) is 0 Å². The summed E-state index contributed by atoms with van der Waals surface area (Å²) >= 11 is 0. The lowest BCUT2D eigenvalue weighted by Crippen LogP contribution is -2.36. The number of phenols is 1. The molecule has 8 heteroatoms. The van der Waals surface area contributed by atoms with Gasteiger partial charge in [0.25, 0.3) is 0 Å². The van der Waals surface area contributed by atoms with E-state index < -0.39 is 6.04 Å². The second-order valence-corrected chi connectivity index (χ2v) is 9.45. The zero-order valence-corrected chi connectivity index (χ0v) is 19.8. The Morgan fingerprint density at radius 2 is 1.94 bits per heavy atom. The highest BCUT2D eigenvalue weighted by Gasteiger charge is 2.42. The van der Waals surface area contributed by atoms with Gasteiger partial charge in [0.1, 0.15) is 11.8 Å². The minimum absolute atomic E-state index is 0.0579. The van der Waals surface area contributed by atoms with Gasteiger partial charge < -0.3 is 19.9 Å². The van der Waals surface area contributed by atoms with Gasteiger partial charge >= 0.3 is 0 Å². The summed E-state index contributed by atoms with van der Waals surface area (Å²) in [4.78, 5) is 18.2. The largest absolute Gasteiger partial charge is 0.504 e.